The number of nitrogens with zero attached hydrogens (tertiary/aromatic N) is 1. The highest BCUT2D eigenvalue weighted by atomic mass is 35.5. The van der Waals surface area contributed by atoms with Crippen LogP contribution in [0.3, 0.4) is 0 Å². The van der Waals surface area contributed by atoms with E-state index in [1.807, 2.05) is 31.2 Å². The standard InChI is InChI=1S/C19H22N2O2.ClH/c1-12-8-15-9-14(2-3-16(15)23-12)18(22)20-17-11-19(17)10-13-4-6-21(19)7-5-13;/h2-3,8-9,13,17H,4-7,10-11H2,1H3,(H,20,22);1H. The van der Waals surface area contributed by atoms with Crippen LogP contribution >= 0.6 is 12.4 Å². The van der Waals surface area contributed by atoms with Crippen LogP contribution in [0.4, 0.5) is 0 Å². The molecule has 1 aromatic carbocycles. The van der Waals surface area contributed by atoms with Crippen molar-refractivity contribution in [3.8, 4) is 0 Å². The molecule has 1 aromatic heterocycles. The van der Waals surface area contributed by atoms with Crippen molar-refractivity contribution >= 4 is 29.3 Å². The van der Waals surface area contributed by atoms with E-state index in [4.69, 9.17) is 4.42 Å². The molecule has 6 rings (SSSR count). The number of aryl methyl sites for hydroxylation is 1. The largest absolute Gasteiger partial charge is 0.461 e. The maximum absolute atomic E-state index is 12.6. The molecular formula is C19H23ClN2O2. The van der Waals surface area contributed by atoms with E-state index in [1.165, 1.54) is 32.4 Å². The summed E-state index contributed by atoms with van der Waals surface area (Å²) in [5, 5.41) is 4.28. The van der Waals surface area contributed by atoms with Gasteiger partial charge in [0, 0.05) is 22.5 Å². The van der Waals surface area contributed by atoms with Crippen molar-refractivity contribution < 1.29 is 9.21 Å². The van der Waals surface area contributed by atoms with Gasteiger partial charge in [-0.05, 0) is 75.9 Å². The van der Waals surface area contributed by atoms with Crippen LogP contribution in [-0.4, -0.2) is 35.5 Å². The monoisotopic (exact) mass is 346 g/mol. The van der Waals surface area contributed by atoms with Gasteiger partial charge in [-0.2, -0.15) is 0 Å². The van der Waals surface area contributed by atoms with E-state index < -0.39 is 0 Å². The van der Waals surface area contributed by atoms with Gasteiger partial charge in [-0.3, -0.25) is 9.69 Å². The van der Waals surface area contributed by atoms with Crippen LogP contribution < -0.4 is 5.32 Å². The molecule has 2 atom stereocenters. The number of rotatable bonds is 2. The van der Waals surface area contributed by atoms with Crippen LogP contribution in [-0.2, 0) is 0 Å². The van der Waals surface area contributed by atoms with Crippen LogP contribution in [0, 0.1) is 12.8 Å². The molecule has 2 bridgehead atoms. The minimum Gasteiger partial charge on any atom is -0.461 e. The normalized spacial score (nSPS) is 33.5. The Bertz CT molecular complexity index is 794. The quantitative estimate of drug-likeness (QED) is 0.905. The van der Waals surface area contributed by atoms with Crippen LogP contribution in [0.15, 0.2) is 28.7 Å². The highest BCUT2D eigenvalue weighted by molar-refractivity contribution is 5.98. The number of fused-ring (bicyclic) bond motifs is 3. The fraction of sp³-hybridized carbons (Fsp3) is 0.526. The zero-order chi connectivity index (χ0) is 15.6. The minimum atomic E-state index is 0. The molecule has 1 spiro atoms. The van der Waals surface area contributed by atoms with E-state index in [1.54, 1.807) is 0 Å². The first kappa shape index (κ1) is 16.0. The van der Waals surface area contributed by atoms with E-state index in [9.17, 15) is 4.79 Å². The number of nitrogens with one attached hydrogen (secondary N) is 1. The van der Waals surface area contributed by atoms with Gasteiger partial charge in [0.2, 0.25) is 0 Å². The molecule has 24 heavy (non-hydrogen) atoms. The number of piperidine rings is 3. The first-order chi connectivity index (χ1) is 11.1. The van der Waals surface area contributed by atoms with Crippen LogP contribution in [0.1, 0.15) is 41.8 Å². The summed E-state index contributed by atoms with van der Waals surface area (Å²) in [6.45, 7) is 4.37. The molecule has 2 unspecified atom stereocenters. The second-order valence-corrected chi connectivity index (χ2v) is 7.58. The number of amides is 1. The first-order valence-electron chi connectivity index (χ1n) is 8.70. The van der Waals surface area contributed by atoms with Crippen LogP contribution in [0.2, 0.25) is 0 Å². The molecule has 5 heteroatoms. The Kier molecular flexibility index (Phi) is 3.66. The average Bonchev–Trinajstić information content (AvgIpc) is 3.04. The number of hydrogen-bond donors (Lipinski definition) is 1. The van der Waals surface area contributed by atoms with Gasteiger partial charge < -0.3 is 9.73 Å². The number of carbonyl (C=O) groups excluding carboxylic acids is 1. The Morgan fingerprint density at radius 3 is 2.75 bits per heavy atom. The predicted octanol–water partition coefficient (Wildman–Crippen LogP) is 3.52. The molecule has 0 radical (unpaired) electrons. The summed E-state index contributed by atoms with van der Waals surface area (Å²) < 4.78 is 5.58. The van der Waals surface area contributed by atoms with Crippen LogP contribution in [0.25, 0.3) is 11.0 Å². The summed E-state index contributed by atoms with van der Waals surface area (Å²) in [6.07, 6.45) is 5.10. The van der Waals surface area contributed by atoms with Crippen molar-refractivity contribution in [1.82, 2.24) is 10.2 Å². The van der Waals surface area contributed by atoms with Gasteiger partial charge in [0.15, 0.2) is 0 Å². The maximum atomic E-state index is 12.6. The zero-order valence-corrected chi connectivity index (χ0v) is 14.7. The third-order valence-corrected chi connectivity index (χ3v) is 6.14. The maximum Gasteiger partial charge on any atom is 0.251 e. The molecule has 1 saturated carbocycles. The minimum absolute atomic E-state index is 0. The van der Waals surface area contributed by atoms with Crippen molar-refractivity contribution in [2.75, 3.05) is 13.1 Å². The molecule has 4 fully saturated rings. The highest BCUT2D eigenvalue weighted by Crippen LogP contribution is 2.53. The Morgan fingerprint density at radius 1 is 1.25 bits per heavy atom. The molecular weight excluding hydrogens is 324 g/mol. The Balaban J connectivity index is 0.00000146. The lowest BCUT2D eigenvalue weighted by molar-refractivity contribution is 0.0277. The Morgan fingerprint density at radius 2 is 2.04 bits per heavy atom. The highest BCUT2D eigenvalue weighted by Gasteiger charge is 2.62. The van der Waals surface area contributed by atoms with Crippen molar-refractivity contribution in [3.63, 3.8) is 0 Å². The Hall–Kier alpha value is -1.52. The molecule has 4 heterocycles. The van der Waals surface area contributed by atoms with E-state index >= 15 is 0 Å². The molecule has 1 aliphatic carbocycles. The Labute approximate surface area is 148 Å². The van der Waals surface area contributed by atoms with Gasteiger partial charge in [0.05, 0.1) is 0 Å². The lowest BCUT2D eigenvalue weighted by Crippen LogP contribution is -2.54. The number of furan rings is 1. The zero-order valence-electron chi connectivity index (χ0n) is 13.9. The molecule has 1 amide bonds. The van der Waals surface area contributed by atoms with Gasteiger partial charge in [-0.15, -0.1) is 12.4 Å². The van der Waals surface area contributed by atoms with Crippen LogP contribution in [0.5, 0.6) is 0 Å². The summed E-state index contributed by atoms with van der Waals surface area (Å²) in [6, 6.07) is 8.01. The number of hydrogen-bond acceptors (Lipinski definition) is 3. The van der Waals surface area contributed by atoms with Gasteiger partial charge in [-0.1, -0.05) is 0 Å². The van der Waals surface area contributed by atoms with E-state index in [0.717, 1.165) is 34.6 Å². The SMILES string of the molecule is Cc1cc2cc(C(=O)NC3CC34CC3CCN4CC3)ccc2o1.Cl. The summed E-state index contributed by atoms with van der Waals surface area (Å²) in [4.78, 5) is 15.2. The molecule has 128 valence electrons. The smallest absolute Gasteiger partial charge is 0.251 e. The van der Waals surface area contributed by atoms with Gasteiger partial charge >= 0.3 is 0 Å². The number of carbonyl (C=O) groups is 1. The van der Waals surface area contributed by atoms with E-state index in [0.29, 0.717) is 6.04 Å². The van der Waals surface area contributed by atoms with E-state index in [2.05, 4.69) is 10.2 Å². The van der Waals surface area contributed by atoms with Crippen molar-refractivity contribution in [2.45, 2.75) is 44.2 Å². The van der Waals surface area contributed by atoms with Crippen molar-refractivity contribution in [2.24, 2.45) is 5.92 Å². The van der Waals surface area contributed by atoms with E-state index in [-0.39, 0.29) is 23.9 Å². The summed E-state index contributed by atoms with van der Waals surface area (Å²) >= 11 is 0. The lowest BCUT2D eigenvalue weighted by Gasteiger charge is -2.46. The fourth-order valence-corrected chi connectivity index (χ4v) is 4.83. The molecule has 1 N–H and O–H groups in total. The van der Waals surface area contributed by atoms with Gasteiger partial charge in [-0.25, -0.2) is 0 Å². The predicted molar refractivity (Wildman–Crippen MR) is 95.7 cm³/mol. The van der Waals surface area contributed by atoms with Crippen molar-refractivity contribution in [3.05, 3.63) is 35.6 Å². The van der Waals surface area contributed by atoms with Gasteiger partial charge in [0.25, 0.3) is 5.91 Å². The molecule has 3 aliphatic heterocycles. The molecule has 2 aromatic rings. The summed E-state index contributed by atoms with van der Waals surface area (Å²) in [5.74, 6) is 1.81. The average molecular weight is 347 g/mol. The topological polar surface area (TPSA) is 45.5 Å². The molecule has 4 nitrogen and oxygen atoms in total. The molecule has 4 aliphatic rings. The fourth-order valence-electron chi connectivity index (χ4n) is 4.83. The second-order valence-electron chi connectivity index (χ2n) is 7.58. The van der Waals surface area contributed by atoms with Gasteiger partial charge in [0.1, 0.15) is 11.3 Å². The second kappa shape index (κ2) is 5.50. The molecule has 3 saturated heterocycles. The number of halogens is 1. The third-order valence-electron chi connectivity index (χ3n) is 6.14. The first-order valence-corrected chi connectivity index (χ1v) is 8.70. The van der Waals surface area contributed by atoms with Crippen molar-refractivity contribution in [1.29, 1.82) is 0 Å². The summed E-state index contributed by atoms with van der Waals surface area (Å²) in [5.41, 5.74) is 1.86. The third kappa shape index (κ3) is 2.35. The summed E-state index contributed by atoms with van der Waals surface area (Å²) in [7, 11) is 0. The number of benzene rings is 1. The lowest BCUT2D eigenvalue weighted by atomic mass is 9.81.